The largest absolute Gasteiger partial charge is 0.478 e. The molecule has 1 N–H and O–H groups in total. The van der Waals surface area contributed by atoms with Gasteiger partial charge in [-0.2, -0.15) is 0 Å². The number of carbonyl (C=O) groups is 1. The summed E-state index contributed by atoms with van der Waals surface area (Å²) in [5.41, 5.74) is 2.27. The first kappa shape index (κ1) is 16.5. The second kappa shape index (κ2) is 7.01. The number of benzene rings is 1. The van der Waals surface area contributed by atoms with Crippen molar-refractivity contribution in [2.75, 3.05) is 31.1 Å². The Bertz CT molecular complexity index is 688. The molecule has 1 aliphatic rings. The molecule has 0 atom stereocenters. The van der Waals surface area contributed by atoms with Crippen molar-refractivity contribution in [2.24, 2.45) is 0 Å². The van der Waals surface area contributed by atoms with Crippen molar-refractivity contribution < 1.29 is 9.90 Å². The predicted molar refractivity (Wildman–Crippen MR) is 95.6 cm³/mol. The number of aromatic nitrogens is 1. The number of hydrogen-bond donors (Lipinski definition) is 1. The highest BCUT2D eigenvalue weighted by Crippen LogP contribution is 2.22. The molecule has 0 bridgehead atoms. The van der Waals surface area contributed by atoms with Crippen LogP contribution in [-0.4, -0.2) is 53.2 Å². The average Bonchev–Trinajstić information content (AvgIpc) is 2.62. The van der Waals surface area contributed by atoms with Crippen molar-refractivity contribution in [2.45, 2.75) is 19.9 Å². The summed E-state index contributed by atoms with van der Waals surface area (Å²) in [6, 6.07) is 11.6. The fourth-order valence-electron chi connectivity index (χ4n) is 3.02. The Morgan fingerprint density at radius 1 is 1.00 bits per heavy atom. The molecule has 1 fully saturated rings. The number of piperazine rings is 1. The number of carboxylic acids is 1. The molecule has 3 rings (SSSR count). The lowest BCUT2D eigenvalue weighted by molar-refractivity contribution is 0.0697. The third-order valence-corrected chi connectivity index (χ3v) is 4.58. The Kier molecular flexibility index (Phi) is 4.81. The van der Waals surface area contributed by atoms with E-state index in [9.17, 15) is 4.79 Å². The van der Waals surface area contributed by atoms with Gasteiger partial charge in [0.25, 0.3) is 0 Å². The Labute approximate surface area is 142 Å². The Balaban J connectivity index is 1.68. The molecule has 0 aliphatic carbocycles. The van der Waals surface area contributed by atoms with Gasteiger partial charge in [0.15, 0.2) is 0 Å². The molecule has 2 aromatic rings. The summed E-state index contributed by atoms with van der Waals surface area (Å²) in [4.78, 5) is 20.3. The topological polar surface area (TPSA) is 56.7 Å². The van der Waals surface area contributed by atoms with Crippen LogP contribution in [0.25, 0.3) is 11.1 Å². The normalized spacial score (nSPS) is 15.7. The molecule has 1 aromatic carbocycles. The van der Waals surface area contributed by atoms with E-state index in [4.69, 9.17) is 5.11 Å². The maximum Gasteiger partial charge on any atom is 0.335 e. The van der Waals surface area contributed by atoms with Gasteiger partial charge in [-0.05, 0) is 43.7 Å². The van der Waals surface area contributed by atoms with Crippen LogP contribution in [0.1, 0.15) is 24.2 Å². The molecule has 0 saturated carbocycles. The maximum atomic E-state index is 10.9. The van der Waals surface area contributed by atoms with E-state index in [1.807, 2.05) is 30.5 Å². The fourth-order valence-corrected chi connectivity index (χ4v) is 3.02. The zero-order valence-electron chi connectivity index (χ0n) is 14.1. The third kappa shape index (κ3) is 3.57. The molecule has 2 heterocycles. The second-order valence-electron chi connectivity index (χ2n) is 6.40. The smallest absolute Gasteiger partial charge is 0.335 e. The van der Waals surface area contributed by atoms with Gasteiger partial charge in [-0.1, -0.05) is 12.1 Å². The van der Waals surface area contributed by atoms with Crippen LogP contribution >= 0.6 is 0 Å². The van der Waals surface area contributed by atoms with Crippen LogP contribution in [-0.2, 0) is 0 Å². The molecule has 1 aromatic heterocycles. The van der Waals surface area contributed by atoms with Crippen molar-refractivity contribution >= 4 is 11.8 Å². The van der Waals surface area contributed by atoms with Gasteiger partial charge in [-0.3, -0.25) is 4.90 Å². The lowest BCUT2D eigenvalue weighted by Gasteiger charge is -2.37. The lowest BCUT2D eigenvalue weighted by atomic mass is 10.1. The Hall–Kier alpha value is -2.40. The highest BCUT2D eigenvalue weighted by molar-refractivity contribution is 5.88. The first-order valence-electron chi connectivity index (χ1n) is 8.33. The number of hydrogen-bond acceptors (Lipinski definition) is 4. The van der Waals surface area contributed by atoms with E-state index in [1.54, 1.807) is 12.1 Å². The number of anilines is 1. The Morgan fingerprint density at radius 2 is 1.62 bits per heavy atom. The van der Waals surface area contributed by atoms with E-state index >= 15 is 0 Å². The molecule has 0 unspecified atom stereocenters. The first-order chi connectivity index (χ1) is 11.5. The second-order valence-corrected chi connectivity index (χ2v) is 6.40. The van der Waals surface area contributed by atoms with Crippen LogP contribution in [0.2, 0.25) is 0 Å². The number of rotatable bonds is 4. The zero-order chi connectivity index (χ0) is 17.1. The molecule has 126 valence electrons. The monoisotopic (exact) mass is 325 g/mol. The molecule has 5 heteroatoms. The zero-order valence-corrected chi connectivity index (χ0v) is 14.1. The van der Waals surface area contributed by atoms with E-state index in [0.717, 1.165) is 43.1 Å². The van der Waals surface area contributed by atoms with Crippen molar-refractivity contribution in [1.29, 1.82) is 0 Å². The summed E-state index contributed by atoms with van der Waals surface area (Å²) in [7, 11) is 0. The van der Waals surface area contributed by atoms with Gasteiger partial charge in [0.1, 0.15) is 5.82 Å². The van der Waals surface area contributed by atoms with Gasteiger partial charge in [-0.25, -0.2) is 9.78 Å². The average molecular weight is 325 g/mol. The van der Waals surface area contributed by atoms with E-state index < -0.39 is 5.97 Å². The summed E-state index contributed by atoms with van der Waals surface area (Å²) in [6.07, 6.45) is 1.86. The van der Waals surface area contributed by atoms with Gasteiger partial charge in [0.2, 0.25) is 0 Å². The van der Waals surface area contributed by atoms with Crippen LogP contribution in [0, 0.1) is 0 Å². The SMILES string of the molecule is CC(C)N1CCN(c2ccc(-c3ccc(C(=O)O)cc3)cn2)CC1. The highest BCUT2D eigenvalue weighted by atomic mass is 16.4. The maximum absolute atomic E-state index is 10.9. The number of pyridine rings is 1. The van der Waals surface area contributed by atoms with Crippen molar-refractivity contribution in [3.05, 3.63) is 48.2 Å². The standard InChI is InChI=1S/C19H23N3O2/c1-14(2)21-9-11-22(12-10-21)18-8-7-17(13-20-18)15-3-5-16(6-4-15)19(23)24/h3-8,13-14H,9-12H2,1-2H3,(H,23,24). The van der Waals surface area contributed by atoms with E-state index in [2.05, 4.69) is 28.6 Å². The van der Waals surface area contributed by atoms with Crippen LogP contribution in [0.15, 0.2) is 42.6 Å². The summed E-state index contributed by atoms with van der Waals surface area (Å²) >= 11 is 0. The summed E-state index contributed by atoms with van der Waals surface area (Å²) in [5.74, 6) is 0.0971. The summed E-state index contributed by atoms with van der Waals surface area (Å²) < 4.78 is 0. The molecule has 1 aliphatic heterocycles. The molecule has 0 spiro atoms. The minimum Gasteiger partial charge on any atom is -0.478 e. The minimum atomic E-state index is -0.907. The van der Waals surface area contributed by atoms with E-state index in [1.165, 1.54) is 0 Å². The third-order valence-electron chi connectivity index (χ3n) is 4.58. The molecular formula is C19H23N3O2. The fraction of sp³-hybridized carbons (Fsp3) is 0.368. The number of nitrogens with zero attached hydrogens (tertiary/aromatic N) is 3. The summed E-state index contributed by atoms with van der Waals surface area (Å²) in [6.45, 7) is 8.60. The molecule has 0 radical (unpaired) electrons. The van der Waals surface area contributed by atoms with Gasteiger partial charge in [0, 0.05) is 44.0 Å². The van der Waals surface area contributed by atoms with Crippen LogP contribution < -0.4 is 4.90 Å². The molecule has 5 nitrogen and oxygen atoms in total. The minimum absolute atomic E-state index is 0.298. The molecule has 1 saturated heterocycles. The van der Waals surface area contributed by atoms with Gasteiger partial charge in [-0.15, -0.1) is 0 Å². The van der Waals surface area contributed by atoms with Crippen LogP contribution in [0.3, 0.4) is 0 Å². The molecule has 0 amide bonds. The number of aromatic carboxylic acids is 1. The van der Waals surface area contributed by atoms with Crippen LogP contribution in [0.5, 0.6) is 0 Å². The number of carboxylic acid groups (broad SMARTS) is 1. The van der Waals surface area contributed by atoms with Crippen molar-refractivity contribution in [1.82, 2.24) is 9.88 Å². The molecule has 24 heavy (non-hydrogen) atoms. The van der Waals surface area contributed by atoms with E-state index in [-0.39, 0.29) is 0 Å². The first-order valence-corrected chi connectivity index (χ1v) is 8.33. The lowest BCUT2D eigenvalue weighted by Crippen LogP contribution is -2.49. The van der Waals surface area contributed by atoms with Gasteiger partial charge in [0.05, 0.1) is 5.56 Å². The van der Waals surface area contributed by atoms with Crippen molar-refractivity contribution in [3.8, 4) is 11.1 Å². The predicted octanol–water partition coefficient (Wildman–Crippen LogP) is 2.98. The van der Waals surface area contributed by atoms with E-state index in [0.29, 0.717) is 11.6 Å². The van der Waals surface area contributed by atoms with Gasteiger partial charge < -0.3 is 10.0 Å². The summed E-state index contributed by atoms with van der Waals surface area (Å²) in [5, 5.41) is 8.96. The Morgan fingerprint density at radius 3 is 2.12 bits per heavy atom. The van der Waals surface area contributed by atoms with Crippen LogP contribution in [0.4, 0.5) is 5.82 Å². The quantitative estimate of drug-likeness (QED) is 0.936. The van der Waals surface area contributed by atoms with Gasteiger partial charge >= 0.3 is 5.97 Å². The molecular weight excluding hydrogens is 302 g/mol. The highest BCUT2D eigenvalue weighted by Gasteiger charge is 2.19. The van der Waals surface area contributed by atoms with Crippen molar-refractivity contribution in [3.63, 3.8) is 0 Å².